The maximum Gasteiger partial charge on any atom is 0.219 e. The molecular formula is C35H44BrN7O3. The first-order valence-electron chi connectivity index (χ1n) is 16.7. The van der Waals surface area contributed by atoms with Gasteiger partial charge in [-0.25, -0.2) is 4.98 Å². The Morgan fingerprint density at radius 1 is 1.02 bits per heavy atom. The highest BCUT2D eigenvalue weighted by Gasteiger charge is 2.29. The molecule has 244 valence electrons. The van der Waals surface area contributed by atoms with Crippen molar-refractivity contribution in [2.45, 2.75) is 57.8 Å². The first kappa shape index (κ1) is 31.5. The second kappa shape index (κ2) is 13.9. The average molecular weight is 691 g/mol. The van der Waals surface area contributed by atoms with Gasteiger partial charge in [0.25, 0.3) is 0 Å². The van der Waals surface area contributed by atoms with Crippen LogP contribution in [0.1, 0.15) is 42.5 Å². The van der Waals surface area contributed by atoms with Gasteiger partial charge in [0, 0.05) is 98.2 Å². The average Bonchev–Trinajstić information content (AvgIpc) is 3.63. The van der Waals surface area contributed by atoms with Gasteiger partial charge >= 0.3 is 0 Å². The molecule has 1 N–H and O–H groups in total. The van der Waals surface area contributed by atoms with Gasteiger partial charge in [0.1, 0.15) is 5.65 Å². The van der Waals surface area contributed by atoms with E-state index in [1.165, 1.54) is 10.9 Å². The molecule has 46 heavy (non-hydrogen) atoms. The van der Waals surface area contributed by atoms with Crippen molar-refractivity contribution in [2.75, 3.05) is 59.0 Å². The molecule has 11 heteroatoms. The third kappa shape index (κ3) is 6.80. The molecule has 7 rings (SSSR count). The van der Waals surface area contributed by atoms with Gasteiger partial charge in [0.2, 0.25) is 5.91 Å². The quantitative estimate of drug-likeness (QED) is 0.283. The highest BCUT2D eigenvalue weighted by molar-refractivity contribution is 9.10. The molecule has 3 aromatic heterocycles. The SMILES string of the molecule is CC(=O)N1CCc2c(c(-c3ccc(Br)cc3)nn2CC(O)CN2CCC(c3cn(CCN4CCOCC4)c4ncccc34)CC2)C1. The molecule has 0 radical (unpaired) electrons. The lowest BCUT2D eigenvalue weighted by atomic mass is 9.89. The molecule has 6 heterocycles. The number of piperidine rings is 1. The Hall–Kier alpha value is -3.09. The molecule has 0 saturated carbocycles. The van der Waals surface area contributed by atoms with Crippen molar-refractivity contribution in [3.8, 4) is 11.3 Å². The minimum absolute atomic E-state index is 0.0809. The van der Waals surface area contributed by atoms with Gasteiger partial charge in [-0.05, 0) is 61.7 Å². The Bertz CT molecular complexity index is 1650. The van der Waals surface area contributed by atoms with E-state index in [1.54, 1.807) is 6.92 Å². The lowest BCUT2D eigenvalue weighted by Gasteiger charge is -2.33. The zero-order chi connectivity index (χ0) is 31.6. The molecule has 3 aliphatic heterocycles. The van der Waals surface area contributed by atoms with Crippen LogP contribution >= 0.6 is 15.9 Å². The number of rotatable bonds is 9. The summed E-state index contributed by atoms with van der Waals surface area (Å²) in [5.74, 6) is 0.568. The van der Waals surface area contributed by atoms with Crippen LogP contribution in [0.3, 0.4) is 0 Å². The van der Waals surface area contributed by atoms with E-state index in [4.69, 9.17) is 14.8 Å². The molecule has 4 aromatic rings. The number of aromatic nitrogens is 4. The summed E-state index contributed by atoms with van der Waals surface area (Å²) in [6.45, 7) is 11.4. The van der Waals surface area contributed by atoms with Crippen LogP contribution in [0.4, 0.5) is 0 Å². The van der Waals surface area contributed by atoms with E-state index in [1.807, 2.05) is 27.9 Å². The smallest absolute Gasteiger partial charge is 0.219 e. The van der Waals surface area contributed by atoms with Crippen LogP contribution in [0.2, 0.25) is 0 Å². The number of fused-ring (bicyclic) bond motifs is 2. The van der Waals surface area contributed by atoms with Gasteiger partial charge in [0.05, 0.1) is 31.6 Å². The number of benzene rings is 1. The number of amides is 1. The number of β-amino-alcohol motifs (C(OH)–C–C–N with tert-alkyl or cyclic N) is 1. The number of halogens is 1. The molecule has 0 bridgehead atoms. The van der Waals surface area contributed by atoms with E-state index in [0.717, 1.165) is 104 Å². The van der Waals surface area contributed by atoms with E-state index in [0.29, 0.717) is 32.1 Å². The van der Waals surface area contributed by atoms with Crippen molar-refractivity contribution in [1.82, 2.24) is 34.0 Å². The van der Waals surface area contributed by atoms with Crippen LogP contribution in [-0.4, -0.2) is 110 Å². The third-order valence-electron chi connectivity index (χ3n) is 10.0. The fourth-order valence-corrected chi connectivity index (χ4v) is 7.72. The number of hydrogen-bond donors (Lipinski definition) is 1. The molecule has 3 aliphatic rings. The predicted octanol–water partition coefficient (Wildman–Crippen LogP) is 4.14. The Kier molecular flexibility index (Phi) is 9.55. The second-order valence-electron chi connectivity index (χ2n) is 13.0. The van der Waals surface area contributed by atoms with Gasteiger partial charge in [-0.3, -0.25) is 14.4 Å². The van der Waals surface area contributed by atoms with Gasteiger partial charge in [-0.1, -0.05) is 28.1 Å². The number of morpholine rings is 1. The first-order valence-corrected chi connectivity index (χ1v) is 17.5. The normalized spacial score (nSPS) is 19.1. The number of aliphatic hydroxyl groups is 1. The standard InChI is InChI=1S/C35H44BrN7O3/c1-25(44)41-14-10-33-32(24-41)34(27-4-6-28(36)7-5-27)38-43(33)22-29(45)21-40-12-8-26(9-13-40)31-23-42(35-30(31)3-2-11-37-35)16-15-39-17-19-46-20-18-39/h2-7,11,23,26,29,45H,8-10,12-22,24H2,1H3. The molecule has 0 aliphatic carbocycles. The van der Waals surface area contributed by atoms with Crippen LogP contribution in [0.25, 0.3) is 22.3 Å². The monoisotopic (exact) mass is 689 g/mol. The first-order chi connectivity index (χ1) is 22.4. The lowest BCUT2D eigenvalue weighted by Crippen LogP contribution is -2.40. The van der Waals surface area contributed by atoms with Gasteiger partial charge in [-0.15, -0.1) is 0 Å². The van der Waals surface area contributed by atoms with Crippen LogP contribution < -0.4 is 0 Å². The maximum absolute atomic E-state index is 12.2. The Morgan fingerprint density at radius 3 is 2.57 bits per heavy atom. The number of nitrogens with zero attached hydrogens (tertiary/aromatic N) is 7. The van der Waals surface area contributed by atoms with Crippen molar-refractivity contribution in [2.24, 2.45) is 0 Å². The number of likely N-dealkylation sites (tertiary alicyclic amines) is 1. The second-order valence-corrected chi connectivity index (χ2v) is 13.9. The number of carbonyl (C=O) groups excluding carboxylic acids is 1. The molecule has 10 nitrogen and oxygen atoms in total. The van der Waals surface area contributed by atoms with Gasteiger partial charge < -0.3 is 24.2 Å². The minimum Gasteiger partial charge on any atom is -0.390 e. The predicted molar refractivity (Wildman–Crippen MR) is 182 cm³/mol. The van der Waals surface area contributed by atoms with E-state index < -0.39 is 6.10 Å². The third-order valence-corrected chi connectivity index (χ3v) is 10.5. The van der Waals surface area contributed by atoms with Crippen LogP contribution in [0, 0.1) is 0 Å². The maximum atomic E-state index is 12.2. The zero-order valence-electron chi connectivity index (χ0n) is 26.7. The van der Waals surface area contributed by atoms with Crippen LogP contribution in [-0.2, 0) is 35.6 Å². The zero-order valence-corrected chi connectivity index (χ0v) is 28.2. The molecule has 1 amide bonds. The Balaban J connectivity index is 0.996. The van der Waals surface area contributed by atoms with E-state index in [9.17, 15) is 9.90 Å². The molecule has 1 unspecified atom stereocenters. The molecule has 1 aromatic carbocycles. The number of pyridine rings is 1. The highest BCUT2D eigenvalue weighted by atomic mass is 79.9. The van der Waals surface area contributed by atoms with Gasteiger partial charge in [-0.2, -0.15) is 5.10 Å². The van der Waals surface area contributed by atoms with E-state index in [-0.39, 0.29) is 5.91 Å². The summed E-state index contributed by atoms with van der Waals surface area (Å²) < 4.78 is 10.9. The summed E-state index contributed by atoms with van der Waals surface area (Å²) >= 11 is 3.53. The highest BCUT2D eigenvalue weighted by Crippen LogP contribution is 2.35. The topological polar surface area (TPSA) is 91.9 Å². The van der Waals surface area contributed by atoms with E-state index in [2.05, 4.69) is 60.8 Å². The number of hydrogen-bond acceptors (Lipinski definition) is 7. The molecule has 2 fully saturated rings. The fourth-order valence-electron chi connectivity index (χ4n) is 7.45. The van der Waals surface area contributed by atoms with Gasteiger partial charge in [0.15, 0.2) is 0 Å². The molecule has 1 atom stereocenters. The molecular weight excluding hydrogens is 646 g/mol. The summed E-state index contributed by atoms with van der Waals surface area (Å²) in [5, 5.41) is 17.6. The number of ether oxygens (including phenoxy) is 1. The summed E-state index contributed by atoms with van der Waals surface area (Å²) in [5.41, 5.74) is 6.65. The lowest BCUT2D eigenvalue weighted by molar-refractivity contribution is -0.129. The summed E-state index contributed by atoms with van der Waals surface area (Å²) in [7, 11) is 0. The fraction of sp³-hybridized carbons (Fsp3) is 0.514. The largest absolute Gasteiger partial charge is 0.390 e. The molecule has 0 spiro atoms. The number of aliphatic hydroxyl groups excluding tert-OH is 1. The van der Waals surface area contributed by atoms with E-state index >= 15 is 0 Å². The van der Waals surface area contributed by atoms with Crippen molar-refractivity contribution >= 4 is 32.9 Å². The Labute approximate surface area is 279 Å². The van der Waals surface area contributed by atoms with Crippen molar-refractivity contribution in [3.63, 3.8) is 0 Å². The minimum atomic E-state index is -0.532. The summed E-state index contributed by atoms with van der Waals surface area (Å²) in [6.07, 6.45) is 6.59. The summed E-state index contributed by atoms with van der Waals surface area (Å²) in [6, 6.07) is 12.4. The van der Waals surface area contributed by atoms with Crippen molar-refractivity contribution in [1.29, 1.82) is 0 Å². The van der Waals surface area contributed by atoms with Crippen LogP contribution in [0.5, 0.6) is 0 Å². The Morgan fingerprint density at radius 2 is 1.80 bits per heavy atom. The number of carbonyl (C=O) groups is 1. The van der Waals surface area contributed by atoms with Crippen LogP contribution in [0.15, 0.2) is 53.3 Å². The summed E-state index contributed by atoms with van der Waals surface area (Å²) in [4.78, 5) is 23.7. The van der Waals surface area contributed by atoms with Crippen molar-refractivity contribution in [3.05, 3.63) is 70.1 Å². The molecule has 2 saturated heterocycles. The van der Waals surface area contributed by atoms with Crippen molar-refractivity contribution < 1.29 is 14.6 Å².